The minimum atomic E-state index is -0.379. The smallest absolute Gasteiger partial charge is 0.165 e. The third kappa shape index (κ3) is 3.36. The predicted molar refractivity (Wildman–Crippen MR) is 76.8 cm³/mol. The van der Waals surface area contributed by atoms with E-state index in [1.54, 1.807) is 19.1 Å². The first kappa shape index (κ1) is 14.5. The Hall–Kier alpha value is -1.88. The van der Waals surface area contributed by atoms with Crippen molar-refractivity contribution in [3.05, 3.63) is 46.6 Å². The Kier molecular flexibility index (Phi) is 4.39. The first-order valence-electron chi connectivity index (χ1n) is 6.04. The minimum Gasteiger partial charge on any atom is -0.494 e. The predicted octanol–water partition coefficient (Wildman–Crippen LogP) is 3.22. The van der Waals surface area contributed by atoms with Crippen molar-refractivity contribution in [2.75, 3.05) is 19.1 Å². The Morgan fingerprint density at radius 1 is 1.30 bits per heavy atom. The van der Waals surface area contributed by atoms with Crippen LogP contribution in [0.5, 0.6) is 5.75 Å². The lowest BCUT2D eigenvalue weighted by Crippen LogP contribution is -2.18. The average molecular weight is 296 g/mol. The molecule has 2 aromatic rings. The zero-order valence-electron chi connectivity index (χ0n) is 11.5. The van der Waals surface area contributed by atoms with Gasteiger partial charge in [0.05, 0.1) is 7.11 Å². The quantitative estimate of drug-likeness (QED) is 0.812. The van der Waals surface area contributed by atoms with E-state index < -0.39 is 0 Å². The highest BCUT2D eigenvalue weighted by Gasteiger charge is 2.09. The van der Waals surface area contributed by atoms with Gasteiger partial charge in [-0.25, -0.2) is 14.4 Å². The van der Waals surface area contributed by atoms with Crippen LogP contribution in [0.4, 0.5) is 10.2 Å². The van der Waals surface area contributed by atoms with Crippen molar-refractivity contribution in [1.29, 1.82) is 0 Å². The Labute approximate surface area is 122 Å². The van der Waals surface area contributed by atoms with E-state index in [-0.39, 0.29) is 11.6 Å². The van der Waals surface area contributed by atoms with Gasteiger partial charge in [-0.15, -0.1) is 0 Å². The molecule has 1 aromatic carbocycles. The number of ether oxygens (including phenoxy) is 1. The zero-order valence-corrected chi connectivity index (χ0v) is 12.3. The molecule has 1 heterocycles. The van der Waals surface area contributed by atoms with Crippen molar-refractivity contribution >= 4 is 17.4 Å². The van der Waals surface area contributed by atoms with E-state index in [1.165, 1.54) is 13.2 Å². The third-order valence-electron chi connectivity index (χ3n) is 2.82. The van der Waals surface area contributed by atoms with Gasteiger partial charge in [0, 0.05) is 19.7 Å². The van der Waals surface area contributed by atoms with Crippen LogP contribution in [0.1, 0.15) is 11.4 Å². The number of aryl methyl sites for hydroxylation is 1. The molecule has 6 heteroatoms. The highest BCUT2D eigenvalue weighted by Crippen LogP contribution is 2.21. The molecule has 4 nitrogen and oxygen atoms in total. The lowest BCUT2D eigenvalue weighted by molar-refractivity contribution is 0.386. The van der Waals surface area contributed by atoms with Crippen molar-refractivity contribution in [2.45, 2.75) is 13.5 Å². The van der Waals surface area contributed by atoms with Crippen LogP contribution in [0.3, 0.4) is 0 Å². The monoisotopic (exact) mass is 295 g/mol. The van der Waals surface area contributed by atoms with Gasteiger partial charge in [-0.1, -0.05) is 17.7 Å². The molecule has 0 radical (unpaired) electrons. The van der Waals surface area contributed by atoms with E-state index in [0.29, 0.717) is 23.3 Å². The van der Waals surface area contributed by atoms with Crippen LogP contribution in [-0.4, -0.2) is 24.1 Å². The summed E-state index contributed by atoms with van der Waals surface area (Å²) in [5, 5.41) is 0.389. The fourth-order valence-corrected chi connectivity index (χ4v) is 2.09. The van der Waals surface area contributed by atoms with E-state index in [1.807, 2.05) is 18.0 Å². The largest absolute Gasteiger partial charge is 0.494 e. The standard InChI is InChI=1S/C14H15ClFN3O/c1-9-17-13(15)7-14(18-9)19(2)8-10-4-5-12(20-3)11(16)6-10/h4-7H,8H2,1-3H3. The third-order valence-corrected chi connectivity index (χ3v) is 3.01. The molecule has 106 valence electrons. The number of hydrogen-bond acceptors (Lipinski definition) is 4. The van der Waals surface area contributed by atoms with Crippen LogP contribution in [0.2, 0.25) is 5.15 Å². The summed E-state index contributed by atoms with van der Waals surface area (Å²) in [4.78, 5) is 10.2. The molecule has 0 aliphatic carbocycles. The summed E-state index contributed by atoms with van der Waals surface area (Å²) in [5.41, 5.74) is 0.818. The molecular formula is C14H15ClFN3O. The lowest BCUT2D eigenvalue weighted by atomic mass is 10.2. The minimum absolute atomic E-state index is 0.234. The number of anilines is 1. The molecule has 0 bridgehead atoms. The van der Waals surface area contributed by atoms with E-state index in [2.05, 4.69) is 9.97 Å². The number of benzene rings is 1. The van der Waals surface area contributed by atoms with Crippen molar-refractivity contribution in [1.82, 2.24) is 9.97 Å². The molecule has 0 N–H and O–H groups in total. The van der Waals surface area contributed by atoms with Gasteiger partial charge >= 0.3 is 0 Å². The van der Waals surface area contributed by atoms with Gasteiger partial charge in [0.25, 0.3) is 0 Å². The van der Waals surface area contributed by atoms with Crippen molar-refractivity contribution in [2.24, 2.45) is 0 Å². The Morgan fingerprint density at radius 2 is 2.05 bits per heavy atom. The van der Waals surface area contributed by atoms with Crippen LogP contribution in [0, 0.1) is 12.7 Å². The summed E-state index contributed by atoms with van der Waals surface area (Å²) in [6.45, 7) is 2.28. The number of aromatic nitrogens is 2. The molecule has 0 saturated heterocycles. The van der Waals surface area contributed by atoms with Crippen molar-refractivity contribution in [3.8, 4) is 5.75 Å². The fourth-order valence-electron chi connectivity index (χ4n) is 1.88. The second kappa shape index (κ2) is 6.05. The molecule has 0 unspecified atom stereocenters. The number of nitrogens with zero attached hydrogens (tertiary/aromatic N) is 3. The fraction of sp³-hybridized carbons (Fsp3) is 0.286. The Balaban J connectivity index is 2.18. The van der Waals surface area contributed by atoms with Crippen molar-refractivity contribution in [3.63, 3.8) is 0 Å². The SMILES string of the molecule is COc1ccc(CN(C)c2cc(Cl)nc(C)n2)cc1F. The molecule has 0 atom stereocenters. The molecule has 20 heavy (non-hydrogen) atoms. The Morgan fingerprint density at radius 3 is 2.65 bits per heavy atom. The summed E-state index contributed by atoms with van der Waals surface area (Å²) in [5.74, 6) is 1.15. The van der Waals surface area contributed by atoms with Gasteiger partial charge in [0.15, 0.2) is 11.6 Å². The molecule has 0 spiro atoms. The molecular weight excluding hydrogens is 281 g/mol. The van der Waals surface area contributed by atoms with Gasteiger partial charge < -0.3 is 9.64 Å². The summed E-state index contributed by atoms with van der Waals surface area (Å²) in [6.07, 6.45) is 0. The normalized spacial score (nSPS) is 10.4. The van der Waals surface area contributed by atoms with Gasteiger partial charge in [-0.05, 0) is 24.6 Å². The Bertz CT molecular complexity index is 601. The van der Waals surface area contributed by atoms with Crippen LogP contribution in [-0.2, 0) is 6.54 Å². The van der Waals surface area contributed by atoms with E-state index >= 15 is 0 Å². The molecule has 0 aliphatic rings. The van der Waals surface area contributed by atoms with Gasteiger partial charge in [-0.2, -0.15) is 0 Å². The maximum Gasteiger partial charge on any atom is 0.165 e. The van der Waals surface area contributed by atoms with E-state index in [0.717, 1.165) is 5.56 Å². The topological polar surface area (TPSA) is 38.2 Å². The number of methoxy groups -OCH3 is 1. The average Bonchev–Trinajstić information content (AvgIpc) is 2.37. The molecule has 0 amide bonds. The van der Waals surface area contributed by atoms with Crippen LogP contribution >= 0.6 is 11.6 Å². The van der Waals surface area contributed by atoms with E-state index in [4.69, 9.17) is 16.3 Å². The second-order valence-electron chi connectivity index (χ2n) is 4.42. The zero-order chi connectivity index (χ0) is 14.7. The summed E-state index contributed by atoms with van der Waals surface area (Å²) in [6, 6.07) is 6.55. The second-order valence-corrected chi connectivity index (χ2v) is 4.81. The van der Waals surface area contributed by atoms with Crippen molar-refractivity contribution < 1.29 is 9.13 Å². The summed E-state index contributed by atoms with van der Waals surface area (Å²) >= 11 is 5.91. The summed E-state index contributed by atoms with van der Waals surface area (Å²) in [7, 11) is 3.30. The first-order chi connectivity index (χ1) is 9.49. The molecule has 0 fully saturated rings. The van der Waals surface area contributed by atoms with Crippen LogP contribution in [0.15, 0.2) is 24.3 Å². The maximum atomic E-state index is 13.6. The number of halogens is 2. The van der Waals surface area contributed by atoms with Gasteiger partial charge in [-0.3, -0.25) is 0 Å². The van der Waals surface area contributed by atoms with E-state index in [9.17, 15) is 4.39 Å². The van der Waals surface area contributed by atoms with Gasteiger partial charge in [0.2, 0.25) is 0 Å². The molecule has 2 rings (SSSR count). The number of rotatable bonds is 4. The lowest BCUT2D eigenvalue weighted by Gasteiger charge is -2.19. The van der Waals surface area contributed by atoms with Gasteiger partial charge in [0.1, 0.15) is 16.8 Å². The first-order valence-corrected chi connectivity index (χ1v) is 6.42. The molecule has 0 saturated carbocycles. The van der Waals surface area contributed by atoms with Crippen LogP contribution < -0.4 is 9.64 Å². The summed E-state index contributed by atoms with van der Waals surface area (Å²) < 4.78 is 18.5. The highest BCUT2D eigenvalue weighted by atomic mass is 35.5. The molecule has 0 aliphatic heterocycles. The van der Waals surface area contributed by atoms with Crippen LogP contribution in [0.25, 0.3) is 0 Å². The maximum absolute atomic E-state index is 13.6. The highest BCUT2D eigenvalue weighted by molar-refractivity contribution is 6.29. The number of hydrogen-bond donors (Lipinski definition) is 0. The molecule has 1 aromatic heterocycles.